The van der Waals surface area contributed by atoms with Crippen LogP contribution in [0.1, 0.15) is 38.2 Å². The number of amides is 1. The fourth-order valence-electron chi connectivity index (χ4n) is 4.16. The van der Waals surface area contributed by atoms with Gasteiger partial charge in [-0.3, -0.25) is 9.59 Å². The summed E-state index contributed by atoms with van der Waals surface area (Å²) >= 11 is 0. The van der Waals surface area contributed by atoms with Crippen LogP contribution >= 0.6 is 0 Å². The van der Waals surface area contributed by atoms with E-state index in [1.807, 2.05) is 24.3 Å². The summed E-state index contributed by atoms with van der Waals surface area (Å²) in [7, 11) is 0. The van der Waals surface area contributed by atoms with E-state index in [0.29, 0.717) is 6.54 Å². The quantitative estimate of drug-likeness (QED) is 0.791. The summed E-state index contributed by atoms with van der Waals surface area (Å²) in [6.45, 7) is 5.02. The molecule has 0 spiro atoms. The Kier molecular flexibility index (Phi) is 6.47. The normalized spacial score (nSPS) is 19.8. The molecule has 2 aromatic rings. The van der Waals surface area contributed by atoms with Gasteiger partial charge in [0.1, 0.15) is 5.82 Å². The van der Waals surface area contributed by atoms with Crippen LogP contribution in [0.5, 0.6) is 0 Å². The highest BCUT2D eigenvalue weighted by atomic mass is 16.5. The second kappa shape index (κ2) is 9.43. The maximum atomic E-state index is 12.5. The van der Waals surface area contributed by atoms with Gasteiger partial charge in [0.15, 0.2) is 0 Å². The predicted octanol–water partition coefficient (Wildman–Crippen LogP) is 2.31. The minimum absolute atomic E-state index is 0.0233. The average Bonchev–Trinajstić information content (AvgIpc) is 3.32. The molecule has 0 saturated carbocycles. The van der Waals surface area contributed by atoms with Gasteiger partial charge in [0.25, 0.3) is 5.56 Å². The molecule has 2 aliphatic heterocycles. The van der Waals surface area contributed by atoms with Crippen LogP contribution in [0.2, 0.25) is 0 Å². The first-order valence-corrected chi connectivity index (χ1v) is 11.0. The Hall–Kier alpha value is -2.67. The number of nitrogens with one attached hydrogen (secondary N) is 1. The van der Waals surface area contributed by atoms with Gasteiger partial charge < -0.3 is 15.0 Å². The molecular formula is C23H30N4O3. The van der Waals surface area contributed by atoms with Crippen molar-refractivity contribution in [2.75, 3.05) is 31.1 Å². The maximum absolute atomic E-state index is 12.5. The number of hydrogen-bond acceptors (Lipinski definition) is 5. The molecule has 1 amide bonds. The van der Waals surface area contributed by atoms with E-state index in [2.05, 4.69) is 22.2 Å². The Morgan fingerprint density at radius 3 is 2.57 bits per heavy atom. The van der Waals surface area contributed by atoms with E-state index >= 15 is 0 Å². The monoisotopic (exact) mass is 410 g/mol. The molecule has 4 rings (SSSR count). The Bertz CT molecular complexity index is 911. The number of hydrogen-bond donors (Lipinski definition) is 1. The van der Waals surface area contributed by atoms with Gasteiger partial charge in [0.05, 0.1) is 11.8 Å². The fourth-order valence-corrected chi connectivity index (χ4v) is 4.16. The van der Waals surface area contributed by atoms with Crippen LogP contribution in [0.25, 0.3) is 5.69 Å². The molecule has 2 saturated heterocycles. The van der Waals surface area contributed by atoms with Gasteiger partial charge in [-0.05, 0) is 55.9 Å². The molecule has 0 aliphatic carbocycles. The Morgan fingerprint density at radius 1 is 1.13 bits per heavy atom. The lowest BCUT2D eigenvalue weighted by Gasteiger charge is -2.32. The van der Waals surface area contributed by atoms with Crippen LogP contribution in [-0.2, 0) is 16.0 Å². The second-order valence-corrected chi connectivity index (χ2v) is 8.10. The number of carbonyl (C=O) groups is 1. The second-order valence-electron chi connectivity index (χ2n) is 8.10. The summed E-state index contributed by atoms with van der Waals surface area (Å²) in [6.07, 6.45) is 4.80. The standard InChI is InChI=1S/C23H30N4O3/c1-2-17-5-7-19(8-6-17)27-22(28)10-9-21(25-27)26-13-11-18(12-14-26)23(29)24-16-20-4-3-15-30-20/h5-10,18,20H,2-4,11-16H2,1H3,(H,24,29)/t20-/m1/s1. The number of piperidine rings is 1. The largest absolute Gasteiger partial charge is 0.376 e. The highest BCUT2D eigenvalue weighted by Gasteiger charge is 2.27. The number of anilines is 1. The molecule has 2 aliphatic rings. The third kappa shape index (κ3) is 4.73. The first-order valence-electron chi connectivity index (χ1n) is 11.0. The molecule has 2 fully saturated rings. The Morgan fingerprint density at radius 2 is 1.90 bits per heavy atom. The lowest BCUT2D eigenvalue weighted by Crippen LogP contribution is -2.43. The van der Waals surface area contributed by atoms with Crippen molar-refractivity contribution < 1.29 is 9.53 Å². The zero-order valence-electron chi connectivity index (χ0n) is 17.5. The van der Waals surface area contributed by atoms with Crippen LogP contribution in [0.3, 0.4) is 0 Å². The third-order valence-electron chi connectivity index (χ3n) is 6.09. The van der Waals surface area contributed by atoms with Crippen molar-refractivity contribution in [3.63, 3.8) is 0 Å². The summed E-state index contributed by atoms with van der Waals surface area (Å²) in [5.41, 5.74) is 1.84. The summed E-state index contributed by atoms with van der Waals surface area (Å²) in [4.78, 5) is 27.0. The highest BCUT2D eigenvalue weighted by Crippen LogP contribution is 2.22. The van der Waals surface area contributed by atoms with Gasteiger partial charge in [-0.2, -0.15) is 4.68 Å². The molecule has 1 N–H and O–H groups in total. The summed E-state index contributed by atoms with van der Waals surface area (Å²) < 4.78 is 7.03. The van der Waals surface area contributed by atoms with E-state index < -0.39 is 0 Å². The van der Waals surface area contributed by atoms with E-state index in [-0.39, 0.29) is 23.5 Å². The highest BCUT2D eigenvalue weighted by molar-refractivity contribution is 5.79. The van der Waals surface area contributed by atoms with Crippen LogP contribution in [-0.4, -0.2) is 48.0 Å². The average molecular weight is 411 g/mol. The zero-order chi connectivity index (χ0) is 20.9. The van der Waals surface area contributed by atoms with E-state index in [4.69, 9.17) is 4.74 Å². The maximum Gasteiger partial charge on any atom is 0.271 e. The molecule has 1 atom stereocenters. The number of nitrogens with zero attached hydrogens (tertiary/aromatic N) is 3. The van der Waals surface area contributed by atoms with Crippen LogP contribution in [0.4, 0.5) is 5.82 Å². The van der Waals surface area contributed by atoms with Crippen LogP contribution in [0, 0.1) is 5.92 Å². The zero-order valence-corrected chi connectivity index (χ0v) is 17.5. The Labute approximate surface area is 177 Å². The summed E-state index contributed by atoms with van der Waals surface area (Å²) in [6, 6.07) is 11.3. The van der Waals surface area contributed by atoms with Crippen molar-refractivity contribution in [3.05, 3.63) is 52.3 Å². The van der Waals surface area contributed by atoms with Crippen molar-refractivity contribution in [1.82, 2.24) is 15.1 Å². The molecule has 1 aromatic heterocycles. The fraction of sp³-hybridized carbons (Fsp3) is 0.522. The number of benzene rings is 1. The topological polar surface area (TPSA) is 76.5 Å². The van der Waals surface area contributed by atoms with Crippen LogP contribution < -0.4 is 15.8 Å². The van der Waals surface area contributed by atoms with Gasteiger partial charge in [-0.15, -0.1) is 5.10 Å². The van der Waals surface area contributed by atoms with E-state index in [9.17, 15) is 9.59 Å². The van der Waals surface area contributed by atoms with Crippen molar-refractivity contribution in [2.45, 2.75) is 45.1 Å². The van der Waals surface area contributed by atoms with Gasteiger partial charge >= 0.3 is 0 Å². The molecule has 1 aromatic carbocycles. The number of aryl methyl sites for hydroxylation is 1. The smallest absolute Gasteiger partial charge is 0.271 e. The molecule has 0 unspecified atom stereocenters. The van der Waals surface area contributed by atoms with Crippen molar-refractivity contribution in [1.29, 1.82) is 0 Å². The molecule has 7 nitrogen and oxygen atoms in total. The first-order chi connectivity index (χ1) is 14.6. The number of aromatic nitrogens is 2. The molecule has 0 bridgehead atoms. The Balaban J connectivity index is 1.37. The van der Waals surface area contributed by atoms with E-state index in [1.54, 1.807) is 12.1 Å². The lowest BCUT2D eigenvalue weighted by atomic mass is 9.96. The molecule has 3 heterocycles. The molecule has 7 heteroatoms. The van der Waals surface area contributed by atoms with Gasteiger partial charge in [-0.1, -0.05) is 19.1 Å². The number of ether oxygens (including phenoxy) is 1. The number of carbonyl (C=O) groups excluding carboxylic acids is 1. The van der Waals surface area contributed by atoms with Crippen molar-refractivity contribution >= 4 is 11.7 Å². The van der Waals surface area contributed by atoms with Crippen molar-refractivity contribution in [2.24, 2.45) is 5.92 Å². The van der Waals surface area contributed by atoms with Crippen LogP contribution in [0.15, 0.2) is 41.2 Å². The van der Waals surface area contributed by atoms with Gasteiger partial charge in [0.2, 0.25) is 5.91 Å². The minimum atomic E-state index is -0.147. The number of rotatable bonds is 6. The van der Waals surface area contributed by atoms with Crippen molar-refractivity contribution in [3.8, 4) is 5.69 Å². The first kappa shape index (κ1) is 20.6. The molecule has 30 heavy (non-hydrogen) atoms. The summed E-state index contributed by atoms with van der Waals surface area (Å²) in [5, 5.41) is 7.65. The van der Waals surface area contributed by atoms with E-state index in [1.165, 1.54) is 10.2 Å². The lowest BCUT2D eigenvalue weighted by molar-refractivity contribution is -0.126. The molecule has 0 radical (unpaired) electrons. The minimum Gasteiger partial charge on any atom is -0.376 e. The van der Waals surface area contributed by atoms with Gasteiger partial charge in [-0.25, -0.2) is 0 Å². The van der Waals surface area contributed by atoms with E-state index in [0.717, 1.165) is 63.3 Å². The third-order valence-corrected chi connectivity index (χ3v) is 6.09. The van der Waals surface area contributed by atoms with Gasteiger partial charge in [0, 0.05) is 38.2 Å². The summed E-state index contributed by atoms with van der Waals surface area (Å²) in [5.74, 6) is 0.918. The molecule has 160 valence electrons. The predicted molar refractivity (Wildman–Crippen MR) is 116 cm³/mol. The SMILES string of the molecule is CCc1ccc(-n2nc(N3CCC(C(=O)NC[C@H]4CCCO4)CC3)ccc2=O)cc1. The molecular weight excluding hydrogens is 380 g/mol.